The van der Waals surface area contributed by atoms with E-state index in [4.69, 9.17) is 4.74 Å². The Balaban J connectivity index is 1.54. The van der Waals surface area contributed by atoms with Crippen LogP contribution in [0, 0.1) is 34.5 Å². The van der Waals surface area contributed by atoms with Crippen molar-refractivity contribution < 1.29 is 14.3 Å². The number of carbonyl (C=O) groups excluding carboxylic acids is 2. The molecule has 3 unspecified atom stereocenters. The minimum atomic E-state index is -0.129. The fraction of sp³-hybridized carbons (Fsp3) is 0.905. The van der Waals surface area contributed by atoms with Crippen LogP contribution in [0.3, 0.4) is 0 Å². The van der Waals surface area contributed by atoms with Crippen molar-refractivity contribution in [3.8, 4) is 0 Å². The number of hydrogen-bond acceptors (Lipinski definition) is 3. The van der Waals surface area contributed by atoms with E-state index >= 15 is 0 Å². The molecular formula is C21H32O3. The van der Waals surface area contributed by atoms with Crippen LogP contribution in [0.4, 0.5) is 0 Å². The normalized spacial score (nSPS) is 50.6. The molecule has 0 aliphatic heterocycles. The minimum Gasteiger partial charge on any atom is -0.463 e. The van der Waals surface area contributed by atoms with Crippen LogP contribution in [-0.4, -0.2) is 17.9 Å². The second-order valence-corrected chi connectivity index (χ2v) is 9.78. The standard InChI is InChI=1S/C21H32O3/c1-13(22)24-16-6-9-21(3)14(10-16)4-5-17-18(21)7-8-20(2)12-15(23)11-19(17)20/h14,16-19H,4-12H2,1-3H3/t14?,16-,17-,18?,19?,20-,21+/m0/s1. The molecule has 4 aliphatic rings. The molecule has 4 aliphatic carbocycles. The third kappa shape index (κ3) is 2.45. The number of ketones is 1. The molecule has 0 saturated heterocycles. The van der Waals surface area contributed by atoms with Crippen LogP contribution in [0.2, 0.25) is 0 Å². The summed E-state index contributed by atoms with van der Waals surface area (Å²) in [6.07, 6.45) is 10.2. The van der Waals surface area contributed by atoms with Crippen molar-refractivity contribution in [3.05, 3.63) is 0 Å². The lowest BCUT2D eigenvalue weighted by Crippen LogP contribution is -2.53. The van der Waals surface area contributed by atoms with Crippen molar-refractivity contribution >= 4 is 11.8 Å². The molecule has 0 radical (unpaired) electrons. The van der Waals surface area contributed by atoms with E-state index in [0.29, 0.717) is 23.0 Å². The lowest BCUT2D eigenvalue weighted by Gasteiger charge is -2.60. The molecule has 4 saturated carbocycles. The molecular weight excluding hydrogens is 300 g/mol. The largest absolute Gasteiger partial charge is 0.463 e. The van der Waals surface area contributed by atoms with Gasteiger partial charge in [-0.1, -0.05) is 13.8 Å². The molecule has 0 aromatic heterocycles. The molecule has 3 nitrogen and oxygen atoms in total. The first kappa shape index (κ1) is 16.6. The average molecular weight is 332 g/mol. The summed E-state index contributed by atoms with van der Waals surface area (Å²) in [5, 5.41) is 0. The van der Waals surface area contributed by atoms with Crippen molar-refractivity contribution in [1.29, 1.82) is 0 Å². The van der Waals surface area contributed by atoms with Crippen LogP contribution in [-0.2, 0) is 14.3 Å². The van der Waals surface area contributed by atoms with E-state index in [9.17, 15) is 9.59 Å². The highest BCUT2D eigenvalue weighted by Gasteiger charge is 2.59. The van der Waals surface area contributed by atoms with Gasteiger partial charge in [0.05, 0.1) is 0 Å². The highest BCUT2D eigenvalue weighted by atomic mass is 16.5. The van der Waals surface area contributed by atoms with Gasteiger partial charge in [0, 0.05) is 19.8 Å². The predicted molar refractivity (Wildman–Crippen MR) is 92.3 cm³/mol. The van der Waals surface area contributed by atoms with E-state index in [1.165, 1.54) is 39.0 Å². The van der Waals surface area contributed by atoms with Gasteiger partial charge in [0.1, 0.15) is 11.9 Å². The highest BCUT2D eigenvalue weighted by Crippen LogP contribution is 2.65. The van der Waals surface area contributed by atoms with Gasteiger partial charge < -0.3 is 4.74 Å². The zero-order valence-electron chi connectivity index (χ0n) is 15.5. The van der Waals surface area contributed by atoms with Gasteiger partial charge in [-0.15, -0.1) is 0 Å². The maximum absolute atomic E-state index is 12.1. The summed E-state index contributed by atoms with van der Waals surface area (Å²) in [7, 11) is 0. The Morgan fingerprint density at radius 1 is 1.08 bits per heavy atom. The highest BCUT2D eigenvalue weighted by molar-refractivity contribution is 5.82. The fourth-order valence-corrected chi connectivity index (χ4v) is 7.34. The molecule has 24 heavy (non-hydrogen) atoms. The van der Waals surface area contributed by atoms with Gasteiger partial charge in [-0.3, -0.25) is 9.59 Å². The van der Waals surface area contributed by atoms with Gasteiger partial charge in [-0.25, -0.2) is 0 Å². The molecule has 134 valence electrons. The Hall–Kier alpha value is -0.860. The summed E-state index contributed by atoms with van der Waals surface area (Å²) in [5.74, 6) is 3.23. The maximum atomic E-state index is 12.1. The lowest BCUT2D eigenvalue weighted by atomic mass is 9.45. The molecule has 0 heterocycles. The number of Topliss-reactive ketones (excluding diaryl/α,β-unsaturated/α-hetero) is 1. The van der Waals surface area contributed by atoms with Gasteiger partial charge in [0.15, 0.2) is 0 Å². The van der Waals surface area contributed by atoms with E-state index in [1.807, 2.05) is 0 Å². The van der Waals surface area contributed by atoms with E-state index in [-0.39, 0.29) is 17.5 Å². The molecule has 0 bridgehead atoms. The zero-order valence-corrected chi connectivity index (χ0v) is 15.5. The summed E-state index contributed by atoms with van der Waals surface area (Å²) < 4.78 is 5.54. The predicted octanol–water partition coefficient (Wildman–Crippen LogP) is 4.53. The number of fused-ring (bicyclic) bond motifs is 5. The van der Waals surface area contributed by atoms with Crippen molar-refractivity contribution in [2.75, 3.05) is 0 Å². The van der Waals surface area contributed by atoms with Crippen LogP contribution in [0.1, 0.15) is 78.6 Å². The fourth-order valence-electron chi connectivity index (χ4n) is 7.34. The van der Waals surface area contributed by atoms with E-state index in [0.717, 1.165) is 37.5 Å². The molecule has 0 amide bonds. The molecule has 7 atom stereocenters. The van der Waals surface area contributed by atoms with Crippen molar-refractivity contribution in [1.82, 2.24) is 0 Å². The van der Waals surface area contributed by atoms with Gasteiger partial charge in [0.25, 0.3) is 0 Å². The van der Waals surface area contributed by atoms with Crippen LogP contribution in [0.5, 0.6) is 0 Å². The Labute approximate surface area is 145 Å². The van der Waals surface area contributed by atoms with Gasteiger partial charge in [0.2, 0.25) is 0 Å². The smallest absolute Gasteiger partial charge is 0.302 e. The summed E-state index contributed by atoms with van der Waals surface area (Å²) in [6.45, 7) is 6.42. The number of carbonyl (C=O) groups is 2. The first-order valence-corrected chi connectivity index (χ1v) is 10.0. The Bertz CT molecular complexity index is 555. The van der Waals surface area contributed by atoms with Crippen molar-refractivity contribution in [2.45, 2.75) is 84.7 Å². The molecule has 0 aromatic carbocycles. The summed E-state index contributed by atoms with van der Waals surface area (Å²) in [5.41, 5.74) is 0.683. The third-order valence-corrected chi connectivity index (χ3v) is 8.52. The molecule has 4 rings (SSSR count). The maximum Gasteiger partial charge on any atom is 0.302 e. The number of esters is 1. The topological polar surface area (TPSA) is 43.4 Å². The first-order valence-electron chi connectivity index (χ1n) is 10.0. The number of rotatable bonds is 1. The SMILES string of the molecule is CC(=O)O[C@H]1CC[C@]2(C)C(CC[C@@H]3C4CC(=O)C[C@]4(C)CCC32)C1. The molecule has 3 heteroatoms. The Morgan fingerprint density at radius 3 is 2.62 bits per heavy atom. The van der Waals surface area contributed by atoms with E-state index < -0.39 is 0 Å². The Kier molecular flexibility index (Phi) is 3.85. The van der Waals surface area contributed by atoms with Crippen LogP contribution >= 0.6 is 0 Å². The van der Waals surface area contributed by atoms with Crippen LogP contribution < -0.4 is 0 Å². The number of hydrogen-bond donors (Lipinski definition) is 0. The molecule has 0 N–H and O–H groups in total. The average Bonchev–Trinajstić information content (AvgIpc) is 2.81. The molecule has 4 fully saturated rings. The minimum absolute atomic E-state index is 0.129. The van der Waals surface area contributed by atoms with Gasteiger partial charge in [-0.2, -0.15) is 0 Å². The summed E-state index contributed by atoms with van der Waals surface area (Å²) in [6, 6.07) is 0. The first-order chi connectivity index (χ1) is 11.3. The second-order valence-electron chi connectivity index (χ2n) is 9.78. The number of ether oxygens (including phenoxy) is 1. The monoisotopic (exact) mass is 332 g/mol. The van der Waals surface area contributed by atoms with Gasteiger partial charge >= 0.3 is 5.97 Å². The van der Waals surface area contributed by atoms with E-state index in [1.54, 1.807) is 0 Å². The zero-order chi connectivity index (χ0) is 17.1. The Morgan fingerprint density at radius 2 is 1.88 bits per heavy atom. The summed E-state index contributed by atoms with van der Waals surface area (Å²) in [4.78, 5) is 23.5. The van der Waals surface area contributed by atoms with Gasteiger partial charge in [-0.05, 0) is 79.4 Å². The molecule has 0 spiro atoms. The van der Waals surface area contributed by atoms with Crippen molar-refractivity contribution in [3.63, 3.8) is 0 Å². The third-order valence-electron chi connectivity index (χ3n) is 8.52. The second kappa shape index (κ2) is 5.57. The lowest BCUT2D eigenvalue weighted by molar-refractivity contribution is -0.159. The van der Waals surface area contributed by atoms with Crippen LogP contribution in [0.25, 0.3) is 0 Å². The molecule has 0 aromatic rings. The summed E-state index contributed by atoms with van der Waals surface area (Å²) >= 11 is 0. The quantitative estimate of drug-likeness (QED) is 0.663. The van der Waals surface area contributed by atoms with Crippen LogP contribution in [0.15, 0.2) is 0 Å². The van der Waals surface area contributed by atoms with Crippen molar-refractivity contribution in [2.24, 2.45) is 34.5 Å². The van der Waals surface area contributed by atoms with E-state index in [2.05, 4.69) is 13.8 Å².